The highest BCUT2D eigenvalue weighted by Crippen LogP contribution is 2.26. The molecule has 30 heavy (non-hydrogen) atoms. The van der Waals surface area contributed by atoms with Crippen LogP contribution in [0.25, 0.3) is 0 Å². The maximum absolute atomic E-state index is 12.2. The van der Waals surface area contributed by atoms with Crippen LogP contribution in [-0.2, 0) is 21.3 Å². The number of aliphatic imine (C=N–C) groups is 1. The van der Waals surface area contributed by atoms with Crippen LogP contribution in [0.4, 0.5) is 0 Å². The third-order valence-electron chi connectivity index (χ3n) is 5.25. The molecule has 0 bridgehead atoms. The fraction of sp³-hybridized carbons (Fsp3) is 0.409. The van der Waals surface area contributed by atoms with Crippen LogP contribution < -0.4 is 10.0 Å². The molecule has 1 aliphatic rings. The minimum atomic E-state index is -3.51. The lowest BCUT2D eigenvalue weighted by Gasteiger charge is -2.22. The molecule has 1 heterocycles. The molecule has 8 heteroatoms. The summed E-state index contributed by atoms with van der Waals surface area (Å²) in [5.74, 6) is 1.38. The van der Waals surface area contributed by atoms with Crippen LogP contribution in [0.3, 0.4) is 0 Å². The Morgan fingerprint density at radius 2 is 1.90 bits per heavy atom. The molecule has 2 aromatic carbocycles. The van der Waals surface area contributed by atoms with Gasteiger partial charge >= 0.3 is 0 Å². The first kappa shape index (κ1) is 22.3. The van der Waals surface area contributed by atoms with E-state index in [1.807, 2.05) is 18.2 Å². The smallest absolute Gasteiger partial charge is 0.240 e. The number of guanidine groups is 1. The number of ether oxygens (including phenoxy) is 1. The monoisotopic (exact) mass is 430 g/mol. The molecule has 0 aromatic heterocycles. The van der Waals surface area contributed by atoms with Crippen molar-refractivity contribution in [2.75, 3.05) is 40.4 Å². The molecule has 1 atom stereocenters. The van der Waals surface area contributed by atoms with Gasteiger partial charge in [0.05, 0.1) is 11.5 Å². The van der Waals surface area contributed by atoms with Crippen LogP contribution in [0, 0.1) is 0 Å². The molecule has 1 fully saturated rings. The van der Waals surface area contributed by atoms with E-state index in [0.29, 0.717) is 19.1 Å². The molecule has 0 radical (unpaired) electrons. The molecular formula is C22H30N4O3S. The van der Waals surface area contributed by atoms with Gasteiger partial charge in [-0.2, -0.15) is 0 Å². The van der Waals surface area contributed by atoms with Crippen LogP contribution in [0.15, 0.2) is 64.5 Å². The van der Waals surface area contributed by atoms with Gasteiger partial charge in [0.15, 0.2) is 5.96 Å². The summed E-state index contributed by atoms with van der Waals surface area (Å²) in [6.45, 7) is 3.06. The summed E-state index contributed by atoms with van der Waals surface area (Å²) < 4.78 is 31.9. The Balaban J connectivity index is 1.54. The van der Waals surface area contributed by atoms with E-state index in [1.165, 1.54) is 12.7 Å². The number of sulfonamides is 1. The average Bonchev–Trinajstić information content (AvgIpc) is 3.25. The van der Waals surface area contributed by atoms with E-state index >= 15 is 0 Å². The van der Waals surface area contributed by atoms with E-state index in [1.54, 1.807) is 19.2 Å². The van der Waals surface area contributed by atoms with Crippen LogP contribution in [0.1, 0.15) is 23.5 Å². The second-order valence-electron chi connectivity index (χ2n) is 7.28. The summed E-state index contributed by atoms with van der Waals surface area (Å²) in [6.07, 6.45) is 1.10. The Labute approximate surface area is 179 Å². The first-order valence-electron chi connectivity index (χ1n) is 10.1. The highest BCUT2D eigenvalue weighted by atomic mass is 32.2. The first-order valence-corrected chi connectivity index (χ1v) is 11.6. The van der Waals surface area contributed by atoms with E-state index in [-0.39, 0.29) is 11.4 Å². The lowest BCUT2D eigenvalue weighted by Crippen LogP contribution is -2.39. The van der Waals surface area contributed by atoms with Crippen LogP contribution in [0.5, 0.6) is 0 Å². The zero-order valence-electron chi connectivity index (χ0n) is 17.5. The number of hydrogen-bond donors (Lipinski definition) is 2. The number of likely N-dealkylation sites (tertiary alicyclic amines) is 1. The van der Waals surface area contributed by atoms with Gasteiger partial charge in [0.1, 0.15) is 0 Å². The molecule has 0 saturated carbocycles. The lowest BCUT2D eigenvalue weighted by molar-refractivity contribution is 0.204. The zero-order valence-corrected chi connectivity index (χ0v) is 18.4. The van der Waals surface area contributed by atoms with E-state index in [9.17, 15) is 8.42 Å². The van der Waals surface area contributed by atoms with Gasteiger partial charge in [-0.1, -0.05) is 42.5 Å². The van der Waals surface area contributed by atoms with Crippen molar-refractivity contribution in [1.82, 2.24) is 14.9 Å². The highest BCUT2D eigenvalue weighted by molar-refractivity contribution is 7.89. The molecule has 162 valence electrons. The van der Waals surface area contributed by atoms with Gasteiger partial charge in [0.25, 0.3) is 0 Å². The summed E-state index contributed by atoms with van der Waals surface area (Å²) in [4.78, 5) is 6.95. The maximum Gasteiger partial charge on any atom is 0.240 e. The van der Waals surface area contributed by atoms with Crippen molar-refractivity contribution in [3.63, 3.8) is 0 Å². The quantitative estimate of drug-likeness (QED) is 0.381. The molecule has 2 N–H and O–H groups in total. The molecule has 7 nitrogen and oxygen atoms in total. The maximum atomic E-state index is 12.2. The number of methoxy groups -OCH3 is 1. The summed E-state index contributed by atoms with van der Waals surface area (Å²) in [6, 6.07) is 17.5. The zero-order chi connectivity index (χ0) is 21.4. The van der Waals surface area contributed by atoms with E-state index < -0.39 is 10.0 Å². The minimum Gasteiger partial charge on any atom is -0.383 e. The van der Waals surface area contributed by atoms with Gasteiger partial charge in [-0.05, 0) is 29.7 Å². The molecule has 1 unspecified atom stereocenters. The molecule has 3 rings (SSSR count). The van der Waals surface area contributed by atoms with E-state index in [2.05, 4.69) is 44.2 Å². The summed E-state index contributed by atoms with van der Waals surface area (Å²) in [5, 5.41) is 3.39. The second-order valence-corrected chi connectivity index (χ2v) is 9.04. The van der Waals surface area contributed by atoms with Crippen LogP contribution in [0.2, 0.25) is 0 Å². The van der Waals surface area contributed by atoms with Crippen LogP contribution in [-0.4, -0.2) is 59.7 Å². The van der Waals surface area contributed by atoms with Crippen molar-refractivity contribution >= 4 is 16.0 Å². The molecule has 2 aromatic rings. The predicted molar refractivity (Wildman–Crippen MR) is 119 cm³/mol. The van der Waals surface area contributed by atoms with Gasteiger partial charge in [-0.25, -0.2) is 13.1 Å². The number of benzene rings is 2. The van der Waals surface area contributed by atoms with Crippen molar-refractivity contribution in [2.24, 2.45) is 4.99 Å². The summed E-state index contributed by atoms with van der Waals surface area (Å²) >= 11 is 0. The van der Waals surface area contributed by atoms with E-state index in [4.69, 9.17) is 4.74 Å². The Hall–Kier alpha value is -2.42. The van der Waals surface area contributed by atoms with Gasteiger partial charge in [0, 0.05) is 46.3 Å². The molecular weight excluding hydrogens is 400 g/mol. The highest BCUT2D eigenvalue weighted by Gasteiger charge is 2.25. The summed E-state index contributed by atoms with van der Waals surface area (Å²) in [7, 11) is -0.186. The van der Waals surface area contributed by atoms with Gasteiger partial charge in [0.2, 0.25) is 10.0 Å². The Kier molecular flexibility index (Phi) is 7.84. The third-order valence-corrected chi connectivity index (χ3v) is 6.73. The average molecular weight is 431 g/mol. The molecule has 0 amide bonds. The molecule has 0 spiro atoms. The number of rotatable bonds is 8. The lowest BCUT2D eigenvalue weighted by atomic mass is 9.99. The Morgan fingerprint density at radius 3 is 2.57 bits per heavy atom. The van der Waals surface area contributed by atoms with Crippen molar-refractivity contribution in [2.45, 2.75) is 23.8 Å². The van der Waals surface area contributed by atoms with Gasteiger partial charge in [-0.15, -0.1) is 0 Å². The van der Waals surface area contributed by atoms with Crippen molar-refractivity contribution in [1.29, 1.82) is 0 Å². The number of hydrogen-bond acceptors (Lipinski definition) is 4. The van der Waals surface area contributed by atoms with Crippen molar-refractivity contribution in [3.8, 4) is 0 Å². The van der Waals surface area contributed by atoms with Crippen LogP contribution >= 0.6 is 0 Å². The molecule has 1 aliphatic heterocycles. The normalized spacial score (nSPS) is 17.3. The fourth-order valence-electron chi connectivity index (χ4n) is 3.61. The fourth-order valence-corrected chi connectivity index (χ4v) is 4.62. The standard InChI is InChI=1S/C22H30N4O3S/c1-23-22(26-14-12-20(17-26)19-6-4-3-5-7-19)24-16-18-8-10-21(11-9-18)30(27,28)25-13-15-29-2/h3-11,20,25H,12-17H2,1-2H3,(H,23,24). The Morgan fingerprint density at radius 1 is 1.17 bits per heavy atom. The first-order chi connectivity index (χ1) is 14.5. The van der Waals surface area contributed by atoms with E-state index in [0.717, 1.165) is 31.0 Å². The van der Waals surface area contributed by atoms with Crippen molar-refractivity contribution in [3.05, 3.63) is 65.7 Å². The van der Waals surface area contributed by atoms with Gasteiger partial charge in [-0.3, -0.25) is 4.99 Å². The van der Waals surface area contributed by atoms with Gasteiger partial charge < -0.3 is 15.0 Å². The van der Waals surface area contributed by atoms with Crippen molar-refractivity contribution < 1.29 is 13.2 Å². The minimum absolute atomic E-state index is 0.247. The second kappa shape index (κ2) is 10.6. The SMILES string of the molecule is CN=C(NCc1ccc(S(=O)(=O)NCCOC)cc1)N1CCC(c2ccccc2)C1. The molecule has 0 aliphatic carbocycles. The topological polar surface area (TPSA) is 83.0 Å². The largest absolute Gasteiger partial charge is 0.383 e. The Bertz CT molecular complexity index is 931. The number of nitrogens with zero attached hydrogens (tertiary/aromatic N) is 2. The predicted octanol–water partition coefficient (Wildman–Crippen LogP) is 2.18. The summed E-state index contributed by atoms with van der Waals surface area (Å²) in [5.41, 5.74) is 2.36. The molecule has 1 saturated heterocycles. The number of nitrogens with one attached hydrogen (secondary N) is 2. The third kappa shape index (κ3) is 5.81.